The van der Waals surface area contributed by atoms with Gasteiger partial charge in [-0.25, -0.2) is 0 Å². The Kier molecular flexibility index (Phi) is 15.9. The molecule has 0 spiro atoms. The first-order valence-electron chi connectivity index (χ1n) is 13.9. The molecule has 1 amide bonds. The zero-order valence-corrected chi connectivity index (χ0v) is 22.3. The highest BCUT2D eigenvalue weighted by atomic mass is 32.2. The van der Waals surface area contributed by atoms with Gasteiger partial charge in [0.1, 0.15) is 0 Å². The number of carbonyl (C=O) groups excluding carboxylic acids is 1. The third kappa shape index (κ3) is 11.8. The van der Waals surface area contributed by atoms with Gasteiger partial charge in [0.05, 0.1) is 23.0 Å². The van der Waals surface area contributed by atoms with Gasteiger partial charge < -0.3 is 5.32 Å². The van der Waals surface area contributed by atoms with Crippen molar-refractivity contribution in [1.82, 2.24) is 10.6 Å². The molecule has 0 bridgehead atoms. The molecule has 1 saturated heterocycles. The highest BCUT2D eigenvalue weighted by Crippen LogP contribution is 2.34. The quantitative estimate of drug-likeness (QED) is 0.198. The number of hydrogen-bond donors (Lipinski definition) is 2. The molecule has 2 atom stereocenters. The van der Waals surface area contributed by atoms with Gasteiger partial charge >= 0.3 is 0 Å². The van der Waals surface area contributed by atoms with Crippen molar-refractivity contribution in [2.45, 2.75) is 121 Å². The Hall–Kier alpha value is -1.51. The van der Waals surface area contributed by atoms with Gasteiger partial charge in [-0.1, -0.05) is 121 Å². The van der Waals surface area contributed by atoms with Crippen molar-refractivity contribution >= 4 is 17.7 Å². The van der Waals surface area contributed by atoms with Gasteiger partial charge in [0.15, 0.2) is 0 Å². The minimum Gasteiger partial charge on any atom is -0.355 e. The first kappa shape index (κ1) is 28.7. The lowest BCUT2D eigenvalue weighted by Gasteiger charge is -2.14. The van der Waals surface area contributed by atoms with E-state index in [0.717, 1.165) is 24.3 Å². The lowest BCUT2D eigenvalue weighted by atomic mass is 10.0. The van der Waals surface area contributed by atoms with Crippen LogP contribution in [0.1, 0.15) is 126 Å². The first-order valence-corrected chi connectivity index (χ1v) is 15.0. The van der Waals surface area contributed by atoms with E-state index in [1.165, 1.54) is 96.3 Å². The molecule has 0 radical (unpaired) electrons. The highest BCUT2D eigenvalue weighted by molar-refractivity contribution is 7.99. The number of nitrogens with zero attached hydrogens (tertiary/aromatic N) is 1. The van der Waals surface area contributed by atoms with Gasteiger partial charge in [-0.2, -0.15) is 5.26 Å². The largest absolute Gasteiger partial charge is 0.355 e. The Morgan fingerprint density at radius 3 is 2.00 bits per heavy atom. The summed E-state index contributed by atoms with van der Waals surface area (Å²) in [5.41, 5.74) is 1.66. The normalized spacial score (nSPS) is 17.5. The molecule has 190 valence electrons. The van der Waals surface area contributed by atoms with Crippen LogP contribution < -0.4 is 10.6 Å². The van der Waals surface area contributed by atoms with E-state index >= 15 is 0 Å². The van der Waals surface area contributed by atoms with E-state index in [4.69, 9.17) is 0 Å². The second kappa shape index (κ2) is 18.8. The third-order valence-electron chi connectivity index (χ3n) is 6.79. The van der Waals surface area contributed by atoms with Crippen LogP contribution in [0, 0.1) is 11.3 Å². The number of hydrogen-bond acceptors (Lipinski definition) is 4. The molecule has 0 saturated carbocycles. The zero-order chi connectivity index (χ0) is 24.3. The van der Waals surface area contributed by atoms with Crippen molar-refractivity contribution in [3.8, 4) is 6.07 Å². The maximum atomic E-state index is 12.5. The predicted molar refractivity (Wildman–Crippen MR) is 146 cm³/mol. The molecule has 1 heterocycles. The molecule has 1 aromatic rings. The molecule has 1 aromatic carbocycles. The average molecular weight is 486 g/mol. The third-order valence-corrected chi connectivity index (χ3v) is 8.04. The lowest BCUT2D eigenvalue weighted by Crippen LogP contribution is -2.42. The minimum absolute atomic E-state index is 0.0159. The van der Waals surface area contributed by atoms with Crippen LogP contribution in [0.4, 0.5) is 0 Å². The van der Waals surface area contributed by atoms with E-state index in [1.807, 2.05) is 24.3 Å². The van der Waals surface area contributed by atoms with Crippen LogP contribution >= 0.6 is 11.8 Å². The van der Waals surface area contributed by atoms with Gasteiger partial charge in [0.25, 0.3) is 0 Å². The monoisotopic (exact) mass is 485 g/mol. The summed E-state index contributed by atoms with van der Waals surface area (Å²) in [4.78, 5) is 12.5. The van der Waals surface area contributed by atoms with E-state index < -0.39 is 0 Å². The number of unbranched alkanes of at least 4 members (excludes halogenated alkanes) is 15. The van der Waals surface area contributed by atoms with Crippen molar-refractivity contribution < 1.29 is 4.79 Å². The molecular formula is C29H47N3OS. The van der Waals surface area contributed by atoms with Gasteiger partial charge in [-0.15, -0.1) is 11.8 Å². The smallest absolute Gasteiger partial charge is 0.238 e. The molecule has 4 nitrogen and oxygen atoms in total. The fraction of sp³-hybridized carbons (Fsp3) is 0.724. The number of amides is 1. The summed E-state index contributed by atoms with van der Waals surface area (Å²) >= 11 is 1.70. The molecule has 0 aliphatic carbocycles. The molecule has 1 aliphatic rings. The second-order valence-electron chi connectivity index (χ2n) is 9.73. The fourth-order valence-electron chi connectivity index (χ4n) is 4.64. The molecule has 2 rings (SSSR count). The molecule has 1 aliphatic heterocycles. The maximum absolute atomic E-state index is 12.5. The van der Waals surface area contributed by atoms with E-state index in [1.54, 1.807) is 11.8 Å². The standard InChI is InChI=1S/C29H47N3OS/c1-2-3-4-5-6-7-8-9-10-11-12-13-14-15-16-19-22-31-28(33)27-24-34-29(32-27)26-21-18-17-20-25(26)23-30/h17-18,20-21,27,29,32H,2-16,19,22,24H2,1H3,(H,31,33)/t27-,29?/m0/s1. The van der Waals surface area contributed by atoms with Crippen LogP contribution in [0.15, 0.2) is 24.3 Å². The number of carbonyl (C=O) groups is 1. The van der Waals surface area contributed by atoms with Gasteiger partial charge in [-0.3, -0.25) is 10.1 Å². The van der Waals surface area contributed by atoms with Crippen molar-refractivity contribution in [3.63, 3.8) is 0 Å². The summed E-state index contributed by atoms with van der Waals surface area (Å²) in [5.74, 6) is 0.834. The van der Waals surface area contributed by atoms with E-state index in [9.17, 15) is 10.1 Å². The molecule has 5 heteroatoms. The number of nitrogens with one attached hydrogen (secondary N) is 2. The SMILES string of the molecule is CCCCCCCCCCCCCCCCCCNC(=O)[C@@H]1CSC(c2ccccc2C#N)N1. The molecular weight excluding hydrogens is 438 g/mol. The van der Waals surface area contributed by atoms with Gasteiger partial charge in [0, 0.05) is 12.3 Å². The number of nitriles is 1. The van der Waals surface area contributed by atoms with Crippen LogP contribution in [0.2, 0.25) is 0 Å². The Morgan fingerprint density at radius 2 is 1.44 bits per heavy atom. The molecule has 1 unspecified atom stereocenters. The molecule has 2 N–H and O–H groups in total. The highest BCUT2D eigenvalue weighted by Gasteiger charge is 2.31. The lowest BCUT2D eigenvalue weighted by molar-refractivity contribution is -0.122. The van der Waals surface area contributed by atoms with Crippen molar-refractivity contribution in [2.24, 2.45) is 0 Å². The Labute approximate surface area is 213 Å². The first-order chi connectivity index (χ1) is 16.8. The summed E-state index contributed by atoms with van der Waals surface area (Å²) in [6.45, 7) is 3.04. The van der Waals surface area contributed by atoms with Crippen molar-refractivity contribution in [1.29, 1.82) is 5.26 Å². The van der Waals surface area contributed by atoms with Crippen LogP contribution in [-0.4, -0.2) is 24.2 Å². The Morgan fingerprint density at radius 1 is 0.912 bits per heavy atom. The van der Waals surface area contributed by atoms with Crippen LogP contribution in [0.25, 0.3) is 0 Å². The number of thioether (sulfide) groups is 1. The van der Waals surface area contributed by atoms with E-state index in [-0.39, 0.29) is 17.3 Å². The van der Waals surface area contributed by atoms with Crippen LogP contribution in [0.3, 0.4) is 0 Å². The molecule has 0 aromatic heterocycles. The fourth-order valence-corrected chi connectivity index (χ4v) is 5.92. The number of rotatable bonds is 19. The predicted octanol–water partition coefficient (Wildman–Crippen LogP) is 7.64. The topological polar surface area (TPSA) is 64.9 Å². The van der Waals surface area contributed by atoms with Crippen LogP contribution in [-0.2, 0) is 4.79 Å². The molecule has 1 fully saturated rings. The summed E-state index contributed by atoms with van der Waals surface area (Å²) in [7, 11) is 0. The molecule has 34 heavy (non-hydrogen) atoms. The van der Waals surface area contributed by atoms with Gasteiger partial charge in [0.2, 0.25) is 5.91 Å². The second-order valence-corrected chi connectivity index (χ2v) is 10.9. The summed E-state index contributed by atoms with van der Waals surface area (Å²) in [6.07, 6.45) is 21.8. The number of benzene rings is 1. The summed E-state index contributed by atoms with van der Waals surface area (Å²) in [6, 6.07) is 9.71. The van der Waals surface area contributed by atoms with Crippen LogP contribution in [0.5, 0.6) is 0 Å². The van der Waals surface area contributed by atoms with Crippen molar-refractivity contribution in [3.05, 3.63) is 35.4 Å². The Balaban J connectivity index is 1.38. The Bertz CT molecular complexity index is 718. The zero-order valence-electron chi connectivity index (χ0n) is 21.5. The van der Waals surface area contributed by atoms with Crippen molar-refractivity contribution in [2.75, 3.05) is 12.3 Å². The van der Waals surface area contributed by atoms with E-state index in [2.05, 4.69) is 23.6 Å². The summed E-state index contributed by atoms with van der Waals surface area (Å²) < 4.78 is 0. The average Bonchev–Trinajstić information content (AvgIpc) is 3.36. The summed E-state index contributed by atoms with van der Waals surface area (Å²) in [5, 5.41) is 15.8. The maximum Gasteiger partial charge on any atom is 0.238 e. The van der Waals surface area contributed by atoms with E-state index in [0.29, 0.717) is 5.56 Å². The van der Waals surface area contributed by atoms with Gasteiger partial charge in [-0.05, 0) is 18.1 Å². The minimum atomic E-state index is -0.178.